The number of methoxy groups -OCH3 is 1. The quantitative estimate of drug-likeness (QED) is 0.693. The van der Waals surface area contributed by atoms with Crippen molar-refractivity contribution in [2.75, 3.05) is 33.9 Å². The second-order valence-electron chi connectivity index (χ2n) is 5.23. The summed E-state index contributed by atoms with van der Waals surface area (Å²) < 4.78 is 5.36. The summed E-state index contributed by atoms with van der Waals surface area (Å²) in [7, 11) is 4.08. The van der Waals surface area contributed by atoms with Crippen LogP contribution in [0.2, 0.25) is 0 Å². The Balaban J connectivity index is 2.45. The van der Waals surface area contributed by atoms with Gasteiger partial charge in [-0.1, -0.05) is 32.6 Å². The molecule has 0 aromatic heterocycles. The minimum atomic E-state index is 0.517. The molecule has 1 atom stereocenters. The molecule has 1 N–H and O–H groups in total. The van der Waals surface area contributed by atoms with Crippen molar-refractivity contribution in [2.45, 2.75) is 57.5 Å². The molecule has 0 heterocycles. The van der Waals surface area contributed by atoms with Gasteiger partial charge in [-0.3, -0.25) is 4.90 Å². The van der Waals surface area contributed by atoms with Crippen molar-refractivity contribution in [2.24, 2.45) is 0 Å². The highest BCUT2D eigenvalue weighted by molar-refractivity contribution is 4.79. The van der Waals surface area contributed by atoms with E-state index in [2.05, 4.69) is 24.2 Å². The first kappa shape index (κ1) is 14.9. The van der Waals surface area contributed by atoms with E-state index in [0.29, 0.717) is 6.04 Å². The Hall–Kier alpha value is -0.120. The zero-order chi connectivity index (χ0) is 12.5. The number of likely N-dealkylation sites (N-methyl/N-ethyl adjacent to an activating group) is 2. The van der Waals surface area contributed by atoms with Gasteiger partial charge in [-0.05, 0) is 26.4 Å². The standard InChI is InChI=1S/C14H30N2O/c1-4-15-11-14(12-17-3)16(2)13-9-7-5-6-8-10-13/h13-15H,4-12H2,1-3H3. The van der Waals surface area contributed by atoms with Gasteiger partial charge in [-0.15, -0.1) is 0 Å². The van der Waals surface area contributed by atoms with Gasteiger partial charge in [0, 0.05) is 25.7 Å². The monoisotopic (exact) mass is 242 g/mol. The van der Waals surface area contributed by atoms with E-state index in [1.807, 2.05) is 0 Å². The maximum Gasteiger partial charge on any atom is 0.0630 e. The molecule has 1 saturated carbocycles. The fourth-order valence-corrected chi connectivity index (χ4v) is 2.79. The third-order valence-corrected chi connectivity index (χ3v) is 3.97. The van der Waals surface area contributed by atoms with Gasteiger partial charge in [0.15, 0.2) is 0 Å². The lowest BCUT2D eigenvalue weighted by Gasteiger charge is -2.34. The molecular weight excluding hydrogens is 212 g/mol. The van der Waals surface area contributed by atoms with Crippen molar-refractivity contribution in [3.05, 3.63) is 0 Å². The first-order valence-electron chi connectivity index (χ1n) is 7.21. The van der Waals surface area contributed by atoms with Gasteiger partial charge in [0.2, 0.25) is 0 Å². The number of hydrogen-bond acceptors (Lipinski definition) is 3. The van der Waals surface area contributed by atoms with Crippen LogP contribution in [0.1, 0.15) is 45.4 Å². The molecule has 3 heteroatoms. The summed E-state index contributed by atoms with van der Waals surface area (Å²) in [6.45, 7) is 5.07. The number of nitrogens with one attached hydrogen (secondary N) is 1. The average Bonchev–Trinajstić information content (AvgIpc) is 2.62. The topological polar surface area (TPSA) is 24.5 Å². The van der Waals surface area contributed by atoms with Crippen LogP contribution in [-0.4, -0.2) is 50.8 Å². The second-order valence-corrected chi connectivity index (χ2v) is 5.23. The third kappa shape index (κ3) is 5.36. The van der Waals surface area contributed by atoms with E-state index in [-0.39, 0.29) is 0 Å². The van der Waals surface area contributed by atoms with Gasteiger partial charge in [0.25, 0.3) is 0 Å². The molecule has 0 saturated heterocycles. The second kappa shape index (κ2) is 8.90. The lowest BCUT2D eigenvalue weighted by molar-refractivity contribution is 0.0743. The molecular formula is C14H30N2O. The molecule has 0 spiro atoms. The van der Waals surface area contributed by atoms with Gasteiger partial charge in [-0.2, -0.15) is 0 Å². The number of ether oxygens (including phenoxy) is 1. The fraction of sp³-hybridized carbons (Fsp3) is 1.00. The molecule has 1 aliphatic rings. The van der Waals surface area contributed by atoms with Crippen LogP contribution < -0.4 is 5.32 Å². The molecule has 0 aliphatic heterocycles. The van der Waals surface area contributed by atoms with Gasteiger partial charge in [0.1, 0.15) is 0 Å². The highest BCUT2D eigenvalue weighted by Crippen LogP contribution is 2.22. The van der Waals surface area contributed by atoms with E-state index < -0.39 is 0 Å². The summed E-state index contributed by atoms with van der Waals surface area (Å²) in [6.07, 6.45) is 8.37. The minimum Gasteiger partial charge on any atom is -0.383 e. The summed E-state index contributed by atoms with van der Waals surface area (Å²) in [5, 5.41) is 3.45. The zero-order valence-electron chi connectivity index (χ0n) is 11.9. The number of nitrogens with zero attached hydrogens (tertiary/aromatic N) is 1. The smallest absolute Gasteiger partial charge is 0.0630 e. The molecule has 3 nitrogen and oxygen atoms in total. The van der Waals surface area contributed by atoms with Crippen LogP contribution in [0.25, 0.3) is 0 Å². The van der Waals surface area contributed by atoms with Crippen LogP contribution in [0.3, 0.4) is 0 Å². The molecule has 1 aliphatic carbocycles. The Morgan fingerprint density at radius 3 is 2.41 bits per heavy atom. The highest BCUT2D eigenvalue weighted by atomic mass is 16.5. The van der Waals surface area contributed by atoms with Crippen molar-refractivity contribution in [1.29, 1.82) is 0 Å². The zero-order valence-corrected chi connectivity index (χ0v) is 11.9. The maximum atomic E-state index is 5.36. The van der Waals surface area contributed by atoms with E-state index >= 15 is 0 Å². The third-order valence-electron chi connectivity index (χ3n) is 3.97. The van der Waals surface area contributed by atoms with Crippen LogP contribution in [0.4, 0.5) is 0 Å². The van der Waals surface area contributed by atoms with Crippen LogP contribution in [0.15, 0.2) is 0 Å². The van der Waals surface area contributed by atoms with Gasteiger partial charge in [0.05, 0.1) is 6.61 Å². The largest absolute Gasteiger partial charge is 0.383 e. The maximum absolute atomic E-state index is 5.36. The Labute approximate surface area is 107 Å². The first-order chi connectivity index (χ1) is 8.29. The van der Waals surface area contributed by atoms with Crippen LogP contribution >= 0.6 is 0 Å². The molecule has 0 amide bonds. The molecule has 102 valence electrons. The van der Waals surface area contributed by atoms with Crippen LogP contribution in [0, 0.1) is 0 Å². The SMILES string of the molecule is CCNCC(COC)N(C)C1CCCCCC1. The summed E-state index contributed by atoms with van der Waals surface area (Å²) >= 11 is 0. The van der Waals surface area contributed by atoms with E-state index in [4.69, 9.17) is 4.74 Å². The van der Waals surface area contributed by atoms with Crippen molar-refractivity contribution in [3.63, 3.8) is 0 Å². The highest BCUT2D eigenvalue weighted by Gasteiger charge is 2.23. The summed E-state index contributed by atoms with van der Waals surface area (Å²) in [4.78, 5) is 2.55. The first-order valence-corrected chi connectivity index (χ1v) is 7.21. The Kier molecular flexibility index (Phi) is 7.82. The van der Waals surface area contributed by atoms with Gasteiger partial charge >= 0.3 is 0 Å². The average molecular weight is 242 g/mol. The molecule has 1 rings (SSSR count). The van der Waals surface area contributed by atoms with E-state index in [9.17, 15) is 0 Å². The normalized spacial score (nSPS) is 20.5. The minimum absolute atomic E-state index is 0.517. The van der Waals surface area contributed by atoms with Crippen molar-refractivity contribution >= 4 is 0 Å². The predicted molar refractivity (Wildman–Crippen MR) is 73.5 cm³/mol. The summed E-state index contributed by atoms with van der Waals surface area (Å²) in [5.74, 6) is 0. The van der Waals surface area contributed by atoms with Crippen molar-refractivity contribution in [1.82, 2.24) is 10.2 Å². The molecule has 1 fully saturated rings. The Bertz CT molecular complexity index is 179. The fourth-order valence-electron chi connectivity index (χ4n) is 2.79. The molecule has 17 heavy (non-hydrogen) atoms. The number of rotatable bonds is 7. The van der Waals surface area contributed by atoms with Crippen molar-refractivity contribution < 1.29 is 4.74 Å². The van der Waals surface area contributed by atoms with E-state index in [1.54, 1.807) is 7.11 Å². The number of hydrogen-bond donors (Lipinski definition) is 1. The molecule has 0 aromatic rings. The lowest BCUT2D eigenvalue weighted by Crippen LogP contribution is -2.47. The van der Waals surface area contributed by atoms with Gasteiger partial charge < -0.3 is 10.1 Å². The Morgan fingerprint density at radius 2 is 1.88 bits per heavy atom. The van der Waals surface area contributed by atoms with E-state index in [0.717, 1.165) is 25.7 Å². The molecule has 0 bridgehead atoms. The predicted octanol–water partition coefficient (Wildman–Crippen LogP) is 2.27. The van der Waals surface area contributed by atoms with Crippen molar-refractivity contribution in [3.8, 4) is 0 Å². The van der Waals surface area contributed by atoms with Gasteiger partial charge in [-0.25, -0.2) is 0 Å². The van der Waals surface area contributed by atoms with E-state index in [1.165, 1.54) is 38.5 Å². The van der Waals surface area contributed by atoms with Crippen LogP contribution in [-0.2, 0) is 4.74 Å². The van der Waals surface area contributed by atoms with Crippen LogP contribution in [0.5, 0.6) is 0 Å². The molecule has 0 radical (unpaired) electrons. The summed E-state index contributed by atoms with van der Waals surface area (Å²) in [6, 6.07) is 1.28. The molecule has 1 unspecified atom stereocenters. The summed E-state index contributed by atoms with van der Waals surface area (Å²) in [5.41, 5.74) is 0. The lowest BCUT2D eigenvalue weighted by atomic mass is 10.1. The Morgan fingerprint density at radius 1 is 1.24 bits per heavy atom. The molecule has 0 aromatic carbocycles.